The minimum atomic E-state index is -2.26. The number of rotatable bonds is 7. The molecule has 0 aliphatic carbocycles. The van der Waals surface area contributed by atoms with E-state index in [1.807, 2.05) is 72.8 Å². The maximum absolute atomic E-state index is 12.4. The number of carboxylic acid groups (broad SMARTS) is 1. The van der Waals surface area contributed by atoms with Crippen LogP contribution in [0.15, 0.2) is 91.0 Å². The van der Waals surface area contributed by atoms with Crippen LogP contribution in [0.3, 0.4) is 0 Å². The van der Waals surface area contributed by atoms with Crippen LogP contribution in [-0.2, 0) is 24.1 Å². The number of nitrogens with zero attached hydrogens (tertiary/aromatic N) is 1. The SMILES string of the molecule is O=C(O)c1cccc(CCc2ccccc2N(c2ccc3ccccc3c2)S(=O)O)c1. The van der Waals surface area contributed by atoms with E-state index in [2.05, 4.69) is 0 Å². The van der Waals surface area contributed by atoms with Gasteiger partial charge in [0.25, 0.3) is 11.3 Å². The molecular weight excluding hydrogens is 410 g/mol. The maximum Gasteiger partial charge on any atom is 0.335 e. The molecule has 0 heterocycles. The van der Waals surface area contributed by atoms with Crippen LogP contribution in [0.25, 0.3) is 10.8 Å². The zero-order valence-corrected chi connectivity index (χ0v) is 17.5. The average molecular weight is 432 g/mol. The standard InChI is InChI=1S/C25H21NO4S/c27-25(28)22-10-5-6-18(16-22)12-13-20-8-3-4-11-24(20)26(31(29)30)23-15-14-19-7-1-2-9-21(19)17-23/h1-11,14-17H,12-13H2,(H,27,28)(H,29,30). The smallest absolute Gasteiger partial charge is 0.335 e. The molecular formula is C25H21NO4S. The highest BCUT2D eigenvalue weighted by atomic mass is 32.2. The summed E-state index contributed by atoms with van der Waals surface area (Å²) in [5.74, 6) is -0.958. The molecule has 31 heavy (non-hydrogen) atoms. The molecule has 2 N–H and O–H groups in total. The molecule has 0 fully saturated rings. The van der Waals surface area contributed by atoms with Crippen LogP contribution in [0.4, 0.5) is 11.4 Å². The van der Waals surface area contributed by atoms with Gasteiger partial charge < -0.3 is 5.11 Å². The highest BCUT2D eigenvalue weighted by Gasteiger charge is 2.19. The van der Waals surface area contributed by atoms with E-state index in [4.69, 9.17) is 0 Å². The molecule has 0 aromatic heterocycles. The molecule has 0 spiro atoms. The minimum absolute atomic E-state index is 0.250. The number of fused-ring (bicyclic) bond motifs is 1. The Morgan fingerprint density at radius 1 is 0.806 bits per heavy atom. The summed E-state index contributed by atoms with van der Waals surface area (Å²) in [5, 5.41) is 11.2. The van der Waals surface area contributed by atoms with Gasteiger partial charge in [0.1, 0.15) is 0 Å². The van der Waals surface area contributed by atoms with Crippen molar-refractivity contribution in [3.63, 3.8) is 0 Å². The van der Waals surface area contributed by atoms with Crippen LogP contribution in [0.1, 0.15) is 21.5 Å². The Balaban J connectivity index is 1.67. The third-order valence-electron chi connectivity index (χ3n) is 5.19. The second kappa shape index (κ2) is 9.12. The van der Waals surface area contributed by atoms with Crippen molar-refractivity contribution in [2.45, 2.75) is 12.8 Å². The van der Waals surface area contributed by atoms with Gasteiger partial charge in [-0.25, -0.2) is 13.3 Å². The van der Waals surface area contributed by atoms with Crippen LogP contribution in [0, 0.1) is 0 Å². The van der Waals surface area contributed by atoms with E-state index in [1.54, 1.807) is 18.2 Å². The molecule has 0 aliphatic heterocycles. The molecule has 5 nitrogen and oxygen atoms in total. The number of aromatic carboxylic acids is 1. The largest absolute Gasteiger partial charge is 0.478 e. The Bertz CT molecular complexity index is 1270. The predicted octanol–water partition coefficient (Wildman–Crippen LogP) is 5.60. The number of benzene rings is 4. The third-order valence-corrected chi connectivity index (χ3v) is 5.91. The minimum Gasteiger partial charge on any atom is -0.478 e. The molecule has 1 unspecified atom stereocenters. The molecule has 4 aromatic rings. The number of hydrogen-bond acceptors (Lipinski definition) is 2. The van der Waals surface area contributed by atoms with Crippen molar-refractivity contribution >= 4 is 39.4 Å². The Morgan fingerprint density at radius 2 is 1.55 bits per heavy atom. The number of carbonyl (C=O) groups is 1. The lowest BCUT2D eigenvalue weighted by Gasteiger charge is -2.23. The number of anilines is 2. The molecule has 0 amide bonds. The highest BCUT2D eigenvalue weighted by Crippen LogP contribution is 2.32. The second-order valence-electron chi connectivity index (χ2n) is 7.19. The molecule has 0 aliphatic rings. The van der Waals surface area contributed by atoms with Crippen molar-refractivity contribution in [2.75, 3.05) is 4.31 Å². The van der Waals surface area contributed by atoms with Crippen molar-refractivity contribution in [1.29, 1.82) is 0 Å². The normalized spacial score (nSPS) is 11.9. The molecule has 6 heteroatoms. The van der Waals surface area contributed by atoms with Gasteiger partial charge in [-0.2, -0.15) is 0 Å². The quantitative estimate of drug-likeness (QED) is 0.374. The zero-order chi connectivity index (χ0) is 21.8. The Hall–Kier alpha value is -3.48. The molecule has 0 bridgehead atoms. The molecule has 0 saturated heterocycles. The van der Waals surface area contributed by atoms with Crippen LogP contribution in [-0.4, -0.2) is 19.8 Å². The fourth-order valence-electron chi connectivity index (χ4n) is 3.68. The lowest BCUT2D eigenvalue weighted by Crippen LogP contribution is -2.20. The molecule has 156 valence electrons. The van der Waals surface area contributed by atoms with Crippen molar-refractivity contribution in [3.8, 4) is 0 Å². The first-order valence-electron chi connectivity index (χ1n) is 9.83. The van der Waals surface area contributed by atoms with E-state index in [-0.39, 0.29) is 5.56 Å². The first-order chi connectivity index (χ1) is 15.0. The topological polar surface area (TPSA) is 77.8 Å². The van der Waals surface area contributed by atoms with Gasteiger partial charge >= 0.3 is 5.97 Å². The monoisotopic (exact) mass is 431 g/mol. The summed E-state index contributed by atoms with van der Waals surface area (Å²) in [6, 6.07) is 27.9. The fraction of sp³-hybridized carbons (Fsp3) is 0.0800. The number of hydrogen-bond donors (Lipinski definition) is 2. The van der Waals surface area contributed by atoms with E-state index in [0.29, 0.717) is 24.2 Å². The van der Waals surface area contributed by atoms with E-state index in [9.17, 15) is 18.7 Å². The molecule has 1 atom stereocenters. The lowest BCUT2D eigenvalue weighted by molar-refractivity contribution is 0.0696. The van der Waals surface area contributed by atoms with Gasteiger partial charge in [-0.3, -0.25) is 4.55 Å². The van der Waals surface area contributed by atoms with Crippen molar-refractivity contribution in [3.05, 3.63) is 108 Å². The first kappa shape index (κ1) is 20.8. The van der Waals surface area contributed by atoms with E-state index in [0.717, 1.165) is 21.9 Å². The zero-order valence-electron chi connectivity index (χ0n) is 16.6. The van der Waals surface area contributed by atoms with E-state index >= 15 is 0 Å². The summed E-state index contributed by atoms with van der Waals surface area (Å²) in [4.78, 5) is 11.2. The summed E-state index contributed by atoms with van der Waals surface area (Å²) >= 11 is -2.26. The fourth-order valence-corrected chi connectivity index (χ4v) is 4.32. The van der Waals surface area contributed by atoms with Crippen molar-refractivity contribution in [1.82, 2.24) is 0 Å². The number of carboxylic acids is 1. The summed E-state index contributed by atoms with van der Waals surface area (Å²) in [5.41, 5.74) is 3.32. The summed E-state index contributed by atoms with van der Waals surface area (Å²) in [6.45, 7) is 0. The maximum atomic E-state index is 12.4. The van der Waals surface area contributed by atoms with Crippen LogP contribution < -0.4 is 4.31 Å². The van der Waals surface area contributed by atoms with Crippen LogP contribution in [0.5, 0.6) is 0 Å². The molecule has 0 saturated carbocycles. The lowest BCUT2D eigenvalue weighted by atomic mass is 10.0. The summed E-state index contributed by atoms with van der Waals surface area (Å²) < 4.78 is 23.9. The van der Waals surface area contributed by atoms with E-state index in [1.165, 1.54) is 4.31 Å². The van der Waals surface area contributed by atoms with E-state index < -0.39 is 17.2 Å². The number of aryl methyl sites for hydroxylation is 2. The summed E-state index contributed by atoms with van der Waals surface area (Å²) in [7, 11) is 0. The summed E-state index contributed by atoms with van der Waals surface area (Å²) in [6.07, 6.45) is 1.21. The van der Waals surface area contributed by atoms with Gasteiger partial charge in [0.15, 0.2) is 0 Å². The van der Waals surface area contributed by atoms with Gasteiger partial charge in [-0.05, 0) is 65.1 Å². The average Bonchev–Trinajstić information content (AvgIpc) is 2.78. The third kappa shape index (κ3) is 4.66. The Morgan fingerprint density at radius 3 is 2.32 bits per heavy atom. The van der Waals surface area contributed by atoms with Crippen molar-refractivity contribution in [2.24, 2.45) is 0 Å². The number of para-hydroxylation sites is 1. The first-order valence-corrected chi connectivity index (χ1v) is 10.9. The molecule has 4 rings (SSSR count). The van der Waals surface area contributed by atoms with Crippen LogP contribution in [0.2, 0.25) is 0 Å². The van der Waals surface area contributed by atoms with Gasteiger partial charge in [-0.1, -0.05) is 60.7 Å². The van der Waals surface area contributed by atoms with Crippen LogP contribution >= 0.6 is 0 Å². The second-order valence-corrected chi connectivity index (χ2v) is 8.02. The Labute approximate surface area is 183 Å². The Kier molecular flexibility index (Phi) is 6.11. The van der Waals surface area contributed by atoms with Gasteiger partial charge in [0.2, 0.25) is 0 Å². The van der Waals surface area contributed by atoms with Gasteiger partial charge in [0.05, 0.1) is 16.9 Å². The molecule has 4 aromatic carbocycles. The van der Waals surface area contributed by atoms with Gasteiger partial charge in [-0.15, -0.1) is 0 Å². The van der Waals surface area contributed by atoms with Crippen molar-refractivity contribution < 1.29 is 18.7 Å². The molecule has 0 radical (unpaired) electrons. The predicted molar refractivity (Wildman–Crippen MR) is 124 cm³/mol. The highest BCUT2D eigenvalue weighted by molar-refractivity contribution is 7.81. The van der Waals surface area contributed by atoms with Gasteiger partial charge in [0, 0.05) is 0 Å².